The minimum atomic E-state index is -0.816. The zero-order valence-electron chi connectivity index (χ0n) is 19.2. The second-order valence-electron chi connectivity index (χ2n) is 9.56. The lowest BCUT2D eigenvalue weighted by Gasteiger charge is -2.35. The molecule has 3 heterocycles. The predicted molar refractivity (Wildman–Crippen MR) is 138 cm³/mol. The van der Waals surface area contributed by atoms with E-state index in [0.29, 0.717) is 10.8 Å². The van der Waals surface area contributed by atoms with Crippen LogP contribution in [0, 0.1) is 11.8 Å². The van der Waals surface area contributed by atoms with Crippen molar-refractivity contribution in [2.24, 2.45) is 11.8 Å². The van der Waals surface area contributed by atoms with Gasteiger partial charge in [0.1, 0.15) is 4.88 Å². The van der Waals surface area contributed by atoms with Crippen LogP contribution < -0.4 is 0 Å². The number of thiophene rings is 1. The molecule has 5 rings (SSSR count). The molecule has 1 N–H and O–H groups in total. The standard InChI is InChI=1S/C27H30N2O2S2/c1-17-3-5-18(6-4-17)23-14-29(2)12-11-21(23)22-13-25(33-26(22)27(30)31)20-9-7-19(8-10-20)24-15-32-16-28-24/h7-10,13,15-18H,3-6,11-12,14H2,1-2H3,(H,30,31). The van der Waals surface area contributed by atoms with Crippen LogP contribution in [0.4, 0.5) is 0 Å². The molecule has 1 aliphatic carbocycles. The first kappa shape index (κ1) is 22.5. The molecule has 0 radical (unpaired) electrons. The summed E-state index contributed by atoms with van der Waals surface area (Å²) < 4.78 is 0. The Morgan fingerprint density at radius 1 is 1.12 bits per heavy atom. The quantitative estimate of drug-likeness (QED) is 0.423. The summed E-state index contributed by atoms with van der Waals surface area (Å²) >= 11 is 3.00. The van der Waals surface area contributed by atoms with E-state index in [2.05, 4.69) is 54.2 Å². The maximum absolute atomic E-state index is 12.3. The number of carboxylic acid groups (broad SMARTS) is 1. The van der Waals surface area contributed by atoms with Crippen molar-refractivity contribution in [2.75, 3.05) is 20.1 Å². The van der Waals surface area contributed by atoms with E-state index in [-0.39, 0.29) is 0 Å². The van der Waals surface area contributed by atoms with Crippen LogP contribution in [0.25, 0.3) is 27.3 Å². The van der Waals surface area contributed by atoms with E-state index in [1.807, 2.05) is 10.9 Å². The van der Waals surface area contributed by atoms with Gasteiger partial charge in [0.25, 0.3) is 0 Å². The zero-order valence-corrected chi connectivity index (χ0v) is 20.8. The summed E-state index contributed by atoms with van der Waals surface area (Å²) in [5.74, 6) is 0.575. The molecule has 0 atom stereocenters. The smallest absolute Gasteiger partial charge is 0.346 e. The summed E-state index contributed by atoms with van der Waals surface area (Å²) in [5, 5.41) is 12.1. The van der Waals surface area contributed by atoms with Gasteiger partial charge >= 0.3 is 5.97 Å². The summed E-state index contributed by atoms with van der Waals surface area (Å²) in [5.41, 5.74) is 8.71. The molecule has 4 nitrogen and oxygen atoms in total. The van der Waals surface area contributed by atoms with E-state index in [0.717, 1.165) is 52.7 Å². The lowest BCUT2D eigenvalue weighted by Crippen LogP contribution is -2.31. The second-order valence-corrected chi connectivity index (χ2v) is 11.3. The van der Waals surface area contributed by atoms with Crippen molar-refractivity contribution in [3.05, 3.63) is 57.2 Å². The van der Waals surface area contributed by atoms with Gasteiger partial charge in [-0.05, 0) is 60.9 Å². The number of carboxylic acids is 1. The molecule has 6 heteroatoms. The Morgan fingerprint density at radius 3 is 2.52 bits per heavy atom. The first-order valence-corrected chi connectivity index (χ1v) is 13.5. The highest BCUT2D eigenvalue weighted by molar-refractivity contribution is 7.17. The molecule has 0 amide bonds. The van der Waals surface area contributed by atoms with E-state index >= 15 is 0 Å². The van der Waals surface area contributed by atoms with Crippen molar-refractivity contribution in [1.82, 2.24) is 9.88 Å². The molecule has 1 aromatic carbocycles. The number of thiazole rings is 1. The number of rotatable bonds is 5. The fourth-order valence-electron chi connectivity index (χ4n) is 5.30. The molecule has 172 valence electrons. The molecule has 1 aliphatic heterocycles. The first-order valence-electron chi connectivity index (χ1n) is 11.8. The van der Waals surface area contributed by atoms with Crippen LogP contribution in [0.3, 0.4) is 0 Å². The molecule has 2 aromatic heterocycles. The predicted octanol–water partition coefficient (Wildman–Crippen LogP) is 7.15. The van der Waals surface area contributed by atoms with Crippen molar-refractivity contribution < 1.29 is 9.90 Å². The highest BCUT2D eigenvalue weighted by Crippen LogP contribution is 2.43. The second kappa shape index (κ2) is 9.53. The van der Waals surface area contributed by atoms with Crippen LogP contribution in [0.15, 0.2) is 46.8 Å². The Bertz CT molecular complexity index is 1150. The van der Waals surface area contributed by atoms with Gasteiger partial charge in [0.15, 0.2) is 0 Å². The average molecular weight is 479 g/mol. The number of likely N-dealkylation sites (N-methyl/N-ethyl adjacent to an activating group) is 1. The minimum Gasteiger partial charge on any atom is -0.477 e. The Kier molecular flexibility index (Phi) is 6.50. The molecule has 33 heavy (non-hydrogen) atoms. The van der Waals surface area contributed by atoms with Gasteiger partial charge < -0.3 is 10.0 Å². The van der Waals surface area contributed by atoms with Crippen LogP contribution in [0.2, 0.25) is 0 Å². The normalized spacial score (nSPS) is 22.0. The highest BCUT2D eigenvalue weighted by atomic mass is 32.1. The minimum absolute atomic E-state index is 0.481. The molecule has 2 aliphatic rings. The third-order valence-corrected chi connectivity index (χ3v) is 8.99. The van der Waals surface area contributed by atoms with Crippen molar-refractivity contribution in [3.63, 3.8) is 0 Å². The Hall–Kier alpha value is -2.28. The lowest BCUT2D eigenvalue weighted by molar-refractivity contribution is 0.0702. The zero-order chi connectivity index (χ0) is 22.9. The average Bonchev–Trinajstić information content (AvgIpc) is 3.50. The van der Waals surface area contributed by atoms with Crippen molar-refractivity contribution in [1.29, 1.82) is 0 Å². The Morgan fingerprint density at radius 2 is 1.85 bits per heavy atom. The van der Waals surface area contributed by atoms with Crippen LogP contribution >= 0.6 is 22.7 Å². The molecule has 0 unspecified atom stereocenters. The third-order valence-electron chi connectivity index (χ3n) is 7.23. The molecule has 1 fully saturated rings. The number of carbonyl (C=O) groups is 1. The van der Waals surface area contributed by atoms with Crippen molar-refractivity contribution >= 4 is 34.2 Å². The van der Waals surface area contributed by atoms with Gasteiger partial charge in [0.05, 0.1) is 11.2 Å². The fraction of sp³-hybridized carbons (Fsp3) is 0.407. The molecular formula is C27H30N2O2S2. The first-order chi connectivity index (χ1) is 16.0. The number of benzene rings is 1. The molecular weight excluding hydrogens is 448 g/mol. The SMILES string of the molecule is CC1CCC(C2=C(c3cc(-c4ccc(-c5cscn5)cc4)sc3C(=O)O)CCN(C)C2)CC1. The van der Waals surface area contributed by atoms with E-state index < -0.39 is 5.97 Å². The van der Waals surface area contributed by atoms with E-state index in [9.17, 15) is 9.90 Å². The van der Waals surface area contributed by atoms with Gasteiger partial charge in [0.2, 0.25) is 0 Å². The molecule has 0 spiro atoms. The highest BCUT2D eigenvalue weighted by Gasteiger charge is 2.30. The summed E-state index contributed by atoms with van der Waals surface area (Å²) in [4.78, 5) is 20.6. The van der Waals surface area contributed by atoms with Gasteiger partial charge in [-0.25, -0.2) is 9.78 Å². The summed E-state index contributed by atoms with van der Waals surface area (Å²) in [6, 6.07) is 10.5. The number of hydrogen-bond acceptors (Lipinski definition) is 5. The van der Waals surface area contributed by atoms with Crippen LogP contribution in [-0.2, 0) is 0 Å². The third kappa shape index (κ3) is 4.70. The van der Waals surface area contributed by atoms with E-state index in [1.54, 1.807) is 11.3 Å². The number of hydrogen-bond donors (Lipinski definition) is 1. The van der Waals surface area contributed by atoms with Crippen molar-refractivity contribution in [2.45, 2.75) is 39.0 Å². The molecule has 3 aromatic rings. The fourth-order valence-corrected chi connectivity index (χ4v) is 6.89. The summed E-state index contributed by atoms with van der Waals surface area (Å²) in [6.45, 7) is 4.29. The molecule has 1 saturated carbocycles. The van der Waals surface area contributed by atoms with Crippen molar-refractivity contribution in [3.8, 4) is 21.7 Å². The van der Waals surface area contributed by atoms with Gasteiger partial charge in [0, 0.05) is 34.5 Å². The van der Waals surface area contributed by atoms with Crippen LogP contribution in [-0.4, -0.2) is 41.1 Å². The van der Waals surface area contributed by atoms with Crippen LogP contribution in [0.5, 0.6) is 0 Å². The maximum atomic E-state index is 12.3. The number of aromatic carboxylic acids is 1. The van der Waals surface area contributed by atoms with Gasteiger partial charge in [-0.15, -0.1) is 22.7 Å². The monoisotopic (exact) mass is 478 g/mol. The van der Waals surface area contributed by atoms with Gasteiger partial charge in [-0.2, -0.15) is 0 Å². The summed E-state index contributed by atoms with van der Waals surface area (Å²) in [7, 11) is 2.18. The largest absolute Gasteiger partial charge is 0.477 e. The van der Waals surface area contributed by atoms with Crippen LogP contribution in [0.1, 0.15) is 54.3 Å². The Balaban J connectivity index is 1.53. The van der Waals surface area contributed by atoms with E-state index in [4.69, 9.17) is 0 Å². The number of aromatic nitrogens is 1. The van der Waals surface area contributed by atoms with Gasteiger partial charge in [-0.3, -0.25) is 0 Å². The van der Waals surface area contributed by atoms with E-state index in [1.165, 1.54) is 48.2 Å². The lowest BCUT2D eigenvalue weighted by atomic mass is 9.75. The number of nitrogens with zero attached hydrogens (tertiary/aromatic N) is 2. The molecule has 0 bridgehead atoms. The summed E-state index contributed by atoms with van der Waals surface area (Å²) in [6.07, 6.45) is 5.93. The molecule has 0 saturated heterocycles. The topological polar surface area (TPSA) is 53.4 Å². The maximum Gasteiger partial charge on any atom is 0.346 e. The Labute approximate surface area is 203 Å². The van der Waals surface area contributed by atoms with Gasteiger partial charge in [-0.1, -0.05) is 44.0 Å².